The monoisotopic (exact) mass is 316 g/mol. The summed E-state index contributed by atoms with van der Waals surface area (Å²) in [5, 5.41) is 3.07. The van der Waals surface area contributed by atoms with Gasteiger partial charge in [-0.15, -0.1) is 0 Å². The zero-order valence-electron chi connectivity index (χ0n) is 13.5. The summed E-state index contributed by atoms with van der Waals surface area (Å²) in [7, 11) is 2.40. The van der Waals surface area contributed by atoms with E-state index in [9.17, 15) is 8.42 Å². The van der Waals surface area contributed by atoms with Crippen LogP contribution in [0.15, 0.2) is 17.2 Å². The Morgan fingerprint density at radius 3 is 2.62 bits per heavy atom. The highest BCUT2D eigenvalue weighted by Gasteiger charge is 2.17. The molecule has 7 heteroatoms. The van der Waals surface area contributed by atoms with Gasteiger partial charge >= 0.3 is 0 Å². The molecule has 0 fully saturated rings. The van der Waals surface area contributed by atoms with Gasteiger partial charge in [-0.05, 0) is 46.6 Å². The maximum absolute atomic E-state index is 12.3. The van der Waals surface area contributed by atoms with Crippen molar-refractivity contribution >= 4 is 10.0 Å². The fourth-order valence-corrected chi connectivity index (χ4v) is 3.27. The molecular weight excluding hydrogens is 288 g/mol. The van der Waals surface area contributed by atoms with Crippen molar-refractivity contribution in [2.45, 2.75) is 37.8 Å². The summed E-state index contributed by atoms with van der Waals surface area (Å²) < 4.78 is 29.3. The van der Waals surface area contributed by atoms with Gasteiger partial charge in [0.15, 0.2) is 0 Å². The molecule has 2 N–H and O–H groups in total. The number of nitrogens with one attached hydrogen (secondary N) is 2. The van der Waals surface area contributed by atoms with Crippen LogP contribution in [-0.4, -0.2) is 52.1 Å². The highest BCUT2D eigenvalue weighted by molar-refractivity contribution is 7.89. The summed E-state index contributed by atoms with van der Waals surface area (Å²) in [4.78, 5) is 2.39. The number of aryl methyl sites for hydroxylation is 1. The van der Waals surface area contributed by atoms with Gasteiger partial charge in [0.25, 0.3) is 0 Å². The van der Waals surface area contributed by atoms with Gasteiger partial charge in [-0.2, -0.15) is 0 Å². The lowest BCUT2D eigenvalue weighted by molar-refractivity contribution is 0.400. The van der Waals surface area contributed by atoms with E-state index in [4.69, 9.17) is 0 Å². The molecule has 0 saturated carbocycles. The van der Waals surface area contributed by atoms with E-state index in [0.29, 0.717) is 18.0 Å². The van der Waals surface area contributed by atoms with E-state index in [1.165, 1.54) is 0 Å². The van der Waals surface area contributed by atoms with Crippen molar-refractivity contribution in [3.8, 4) is 0 Å². The van der Waals surface area contributed by atoms with Crippen molar-refractivity contribution in [2.75, 3.05) is 34.2 Å². The van der Waals surface area contributed by atoms with Crippen LogP contribution in [0.3, 0.4) is 0 Å². The fourth-order valence-electron chi connectivity index (χ4n) is 2.14. The Bertz CT molecular complexity index is 500. The van der Waals surface area contributed by atoms with Crippen molar-refractivity contribution in [2.24, 2.45) is 0 Å². The normalized spacial score (nSPS) is 12.2. The van der Waals surface area contributed by atoms with Gasteiger partial charge in [-0.3, -0.25) is 0 Å². The Kier molecular flexibility index (Phi) is 7.37. The topological polar surface area (TPSA) is 66.4 Å². The quantitative estimate of drug-likeness (QED) is 0.628. The van der Waals surface area contributed by atoms with E-state index in [0.717, 1.165) is 31.6 Å². The van der Waals surface area contributed by atoms with Crippen LogP contribution in [0.25, 0.3) is 0 Å². The first-order valence-corrected chi connectivity index (χ1v) is 8.87. The average Bonchev–Trinajstić information content (AvgIpc) is 2.80. The van der Waals surface area contributed by atoms with Gasteiger partial charge in [0.1, 0.15) is 0 Å². The third-order valence-electron chi connectivity index (χ3n) is 3.17. The summed E-state index contributed by atoms with van der Waals surface area (Å²) in [5.41, 5.74) is 0.994. The molecule has 1 heterocycles. The molecule has 0 aliphatic heterocycles. The number of aromatic nitrogens is 1. The number of hydrogen-bond acceptors (Lipinski definition) is 4. The second-order valence-electron chi connectivity index (χ2n) is 5.45. The minimum Gasteiger partial charge on any atom is -0.349 e. The van der Waals surface area contributed by atoms with Gasteiger partial charge in [0, 0.05) is 31.5 Å². The lowest BCUT2D eigenvalue weighted by Gasteiger charge is -2.09. The zero-order chi connectivity index (χ0) is 15.9. The number of nitrogens with zero attached hydrogens (tertiary/aromatic N) is 2. The molecule has 0 amide bonds. The fraction of sp³-hybridized carbons (Fsp3) is 0.714. The first-order chi connectivity index (χ1) is 9.90. The first-order valence-electron chi connectivity index (χ1n) is 7.38. The largest absolute Gasteiger partial charge is 0.349 e. The highest BCUT2D eigenvalue weighted by atomic mass is 32.2. The molecule has 0 aliphatic carbocycles. The Morgan fingerprint density at radius 2 is 2.05 bits per heavy atom. The van der Waals surface area contributed by atoms with E-state index in [-0.39, 0.29) is 0 Å². The molecule has 6 nitrogen and oxygen atoms in total. The molecule has 122 valence electrons. The number of hydrogen-bond donors (Lipinski definition) is 2. The lowest BCUT2D eigenvalue weighted by atomic mass is 10.4. The van der Waals surface area contributed by atoms with Crippen LogP contribution < -0.4 is 10.0 Å². The summed E-state index contributed by atoms with van der Waals surface area (Å²) in [6.45, 7) is 4.89. The van der Waals surface area contributed by atoms with Crippen molar-refractivity contribution < 1.29 is 8.42 Å². The molecule has 0 aromatic carbocycles. The Labute approximate surface area is 128 Å². The second kappa shape index (κ2) is 8.53. The lowest BCUT2D eigenvalue weighted by Crippen LogP contribution is -2.27. The molecule has 21 heavy (non-hydrogen) atoms. The summed E-state index contributed by atoms with van der Waals surface area (Å²) in [6.07, 6.45) is 3.50. The minimum absolute atomic E-state index is 0.353. The van der Waals surface area contributed by atoms with Gasteiger partial charge in [0.05, 0.1) is 4.90 Å². The SMILES string of the molecule is CCCn1cc(S(=O)(=O)NCCCN(C)C)cc1CNC. The van der Waals surface area contributed by atoms with Crippen LogP contribution in [0.4, 0.5) is 0 Å². The smallest absolute Gasteiger partial charge is 0.242 e. The molecule has 0 spiro atoms. The van der Waals surface area contributed by atoms with Crippen LogP contribution in [0, 0.1) is 0 Å². The number of sulfonamides is 1. The van der Waals surface area contributed by atoms with Crippen molar-refractivity contribution in [3.63, 3.8) is 0 Å². The third-order valence-corrected chi connectivity index (χ3v) is 4.60. The summed E-state index contributed by atoms with van der Waals surface area (Å²) >= 11 is 0. The van der Waals surface area contributed by atoms with Crippen LogP contribution >= 0.6 is 0 Å². The molecule has 1 rings (SSSR count). The van der Waals surface area contributed by atoms with Crippen LogP contribution in [-0.2, 0) is 23.1 Å². The zero-order valence-corrected chi connectivity index (χ0v) is 14.3. The molecule has 1 aromatic rings. The van der Waals surface area contributed by atoms with Gasteiger partial charge in [0.2, 0.25) is 10.0 Å². The van der Waals surface area contributed by atoms with Crippen molar-refractivity contribution in [1.29, 1.82) is 0 Å². The molecule has 0 radical (unpaired) electrons. The number of rotatable bonds is 10. The maximum atomic E-state index is 12.3. The van der Waals surface area contributed by atoms with Crippen LogP contribution in [0.5, 0.6) is 0 Å². The van der Waals surface area contributed by atoms with E-state index in [2.05, 4.69) is 17.0 Å². The molecule has 0 aliphatic rings. The van der Waals surface area contributed by atoms with Crippen LogP contribution in [0.1, 0.15) is 25.5 Å². The van der Waals surface area contributed by atoms with E-state index >= 15 is 0 Å². The molecule has 0 unspecified atom stereocenters. The van der Waals surface area contributed by atoms with Crippen molar-refractivity contribution in [1.82, 2.24) is 19.5 Å². The Balaban J connectivity index is 2.75. The Morgan fingerprint density at radius 1 is 1.33 bits per heavy atom. The summed E-state index contributed by atoms with van der Waals surface area (Å²) in [5.74, 6) is 0. The molecule has 0 saturated heterocycles. The summed E-state index contributed by atoms with van der Waals surface area (Å²) in [6, 6.07) is 1.75. The molecular formula is C14H28N4O2S. The van der Waals surface area contributed by atoms with Gasteiger partial charge < -0.3 is 14.8 Å². The standard InChI is InChI=1S/C14H28N4O2S/c1-5-8-18-12-14(10-13(18)11-15-2)21(19,20)16-7-6-9-17(3)4/h10,12,15-16H,5-9,11H2,1-4H3. The maximum Gasteiger partial charge on any atom is 0.242 e. The van der Waals surface area contributed by atoms with Crippen molar-refractivity contribution in [3.05, 3.63) is 18.0 Å². The second-order valence-corrected chi connectivity index (χ2v) is 7.21. The van der Waals surface area contributed by atoms with Gasteiger partial charge in [-0.25, -0.2) is 13.1 Å². The molecule has 0 atom stereocenters. The van der Waals surface area contributed by atoms with Gasteiger partial charge in [-0.1, -0.05) is 6.92 Å². The van der Waals surface area contributed by atoms with E-state index in [1.807, 2.05) is 30.6 Å². The predicted molar refractivity (Wildman–Crippen MR) is 85.8 cm³/mol. The molecule has 0 bridgehead atoms. The Hall–Kier alpha value is -0.890. The first kappa shape index (κ1) is 18.2. The van der Waals surface area contributed by atoms with E-state index in [1.54, 1.807) is 12.3 Å². The third kappa shape index (κ3) is 5.78. The molecule has 1 aromatic heterocycles. The van der Waals surface area contributed by atoms with Crippen LogP contribution in [0.2, 0.25) is 0 Å². The van der Waals surface area contributed by atoms with E-state index < -0.39 is 10.0 Å². The highest BCUT2D eigenvalue weighted by Crippen LogP contribution is 2.15. The predicted octanol–water partition coefficient (Wildman–Crippen LogP) is 0.848. The average molecular weight is 316 g/mol. The minimum atomic E-state index is -3.41.